The van der Waals surface area contributed by atoms with Gasteiger partial charge in [-0.25, -0.2) is 13.1 Å². The lowest BCUT2D eigenvalue weighted by Gasteiger charge is -2.12. The van der Waals surface area contributed by atoms with Gasteiger partial charge < -0.3 is 14.8 Å². The van der Waals surface area contributed by atoms with Crippen molar-refractivity contribution in [3.05, 3.63) is 47.5 Å². The first kappa shape index (κ1) is 19.7. The Morgan fingerprint density at radius 2 is 1.69 bits per heavy atom. The molecule has 0 fully saturated rings. The lowest BCUT2D eigenvalue weighted by atomic mass is 10.1. The predicted molar refractivity (Wildman–Crippen MR) is 99.3 cm³/mol. The fraction of sp³-hybridized carbons (Fsp3) is 0.278. The summed E-state index contributed by atoms with van der Waals surface area (Å²) in [6, 6.07) is 9.86. The van der Waals surface area contributed by atoms with Gasteiger partial charge in [0.1, 0.15) is 0 Å². The highest BCUT2D eigenvalue weighted by atomic mass is 32.2. The minimum Gasteiger partial charge on any atom is -0.493 e. The van der Waals surface area contributed by atoms with Crippen LogP contribution in [0.1, 0.15) is 11.1 Å². The van der Waals surface area contributed by atoms with E-state index in [-0.39, 0.29) is 17.2 Å². The molecule has 0 aliphatic carbocycles. The van der Waals surface area contributed by atoms with E-state index in [1.165, 1.54) is 32.4 Å². The summed E-state index contributed by atoms with van der Waals surface area (Å²) in [4.78, 5) is 12.1. The van der Waals surface area contributed by atoms with Gasteiger partial charge in [0, 0.05) is 11.8 Å². The number of ether oxygens (including phenoxy) is 2. The van der Waals surface area contributed by atoms with E-state index in [1.807, 2.05) is 32.0 Å². The second-order valence-electron chi connectivity index (χ2n) is 5.71. The largest absolute Gasteiger partial charge is 0.493 e. The molecule has 0 radical (unpaired) electrons. The molecule has 0 heterocycles. The molecule has 8 heteroatoms. The number of hydrogen-bond donors (Lipinski definition) is 2. The summed E-state index contributed by atoms with van der Waals surface area (Å²) < 4.78 is 37.3. The number of anilines is 1. The average Bonchev–Trinajstić information content (AvgIpc) is 2.62. The number of aryl methyl sites for hydroxylation is 2. The number of amides is 1. The van der Waals surface area contributed by atoms with Crippen LogP contribution in [-0.4, -0.2) is 35.1 Å². The van der Waals surface area contributed by atoms with Crippen molar-refractivity contribution in [1.82, 2.24) is 4.72 Å². The number of rotatable bonds is 7. The Hall–Kier alpha value is -2.58. The van der Waals surface area contributed by atoms with E-state index in [0.717, 1.165) is 11.1 Å². The zero-order valence-corrected chi connectivity index (χ0v) is 15.9. The maximum atomic E-state index is 12.4. The highest BCUT2D eigenvalue weighted by molar-refractivity contribution is 7.89. The summed E-state index contributed by atoms with van der Waals surface area (Å²) in [5.74, 6) is 0.247. The van der Waals surface area contributed by atoms with Gasteiger partial charge in [-0.15, -0.1) is 0 Å². The fourth-order valence-corrected chi connectivity index (χ4v) is 3.29. The Morgan fingerprint density at radius 1 is 1.00 bits per heavy atom. The molecule has 26 heavy (non-hydrogen) atoms. The molecule has 0 aliphatic heterocycles. The SMILES string of the molecule is COc1ccc(S(=O)(=O)NCC(=O)Nc2cc(C)ccc2C)cc1OC. The molecule has 0 unspecified atom stereocenters. The number of carbonyl (C=O) groups is 1. The molecule has 0 bridgehead atoms. The maximum absolute atomic E-state index is 12.4. The molecular formula is C18H22N2O5S. The van der Waals surface area contributed by atoms with E-state index >= 15 is 0 Å². The third kappa shape index (κ3) is 4.74. The Labute approximate surface area is 153 Å². The molecule has 2 rings (SSSR count). The summed E-state index contributed by atoms with van der Waals surface area (Å²) in [5, 5.41) is 2.71. The van der Waals surface area contributed by atoms with Crippen LogP contribution in [0.15, 0.2) is 41.3 Å². The van der Waals surface area contributed by atoms with Gasteiger partial charge in [-0.2, -0.15) is 0 Å². The van der Waals surface area contributed by atoms with Crippen LogP contribution >= 0.6 is 0 Å². The zero-order valence-electron chi connectivity index (χ0n) is 15.1. The van der Waals surface area contributed by atoms with E-state index in [9.17, 15) is 13.2 Å². The van der Waals surface area contributed by atoms with Crippen molar-refractivity contribution in [2.75, 3.05) is 26.1 Å². The molecule has 1 amide bonds. The van der Waals surface area contributed by atoms with Crippen molar-refractivity contribution in [1.29, 1.82) is 0 Å². The van der Waals surface area contributed by atoms with Crippen molar-refractivity contribution in [2.45, 2.75) is 18.7 Å². The minimum absolute atomic E-state index is 0.0188. The normalized spacial score (nSPS) is 11.1. The van der Waals surface area contributed by atoms with Gasteiger partial charge in [0.25, 0.3) is 0 Å². The summed E-state index contributed by atoms with van der Waals surface area (Å²) in [5.41, 5.74) is 2.55. The Morgan fingerprint density at radius 3 is 2.35 bits per heavy atom. The van der Waals surface area contributed by atoms with Gasteiger partial charge in [-0.05, 0) is 43.2 Å². The van der Waals surface area contributed by atoms with E-state index in [0.29, 0.717) is 11.4 Å². The molecule has 0 saturated carbocycles. The first-order valence-corrected chi connectivity index (χ1v) is 9.34. The first-order valence-electron chi connectivity index (χ1n) is 7.85. The highest BCUT2D eigenvalue weighted by Crippen LogP contribution is 2.29. The third-order valence-electron chi connectivity index (χ3n) is 3.76. The van der Waals surface area contributed by atoms with Gasteiger partial charge in [-0.3, -0.25) is 4.79 Å². The molecule has 2 N–H and O–H groups in total. The minimum atomic E-state index is -3.87. The number of hydrogen-bond acceptors (Lipinski definition) is 5. The van der Waals surface area contributed by atoms with Crippen molar-refractivity contribution in [2.24, 2.45) is 0 Å². The number of methoxy groups -OCH3 is 2. The summed E-state index contributed by atoms with van der Waals surface area (Å²) in [6.07, 6.45) is 0. The zero-order chi connectivity index (χ0) is 19.3. The van der Waals surface area contributed by atoms with Crippen LogP contribution in [0, 0.1) is 13.8 Å². The van der Waals surface area contributed by atoms with Crippen LogP contribution in [0.2, 0.25) is 0 Å². The quantitative estimate of drug-likeness (QED) is 0.771. The molecule has 2 aromatic rings. The molecule has 0 atom stereocenters. The maximum Gasteiger partial charge on any atom is 0.241 e. The van der Waals surface area contributed by atoms with Crippen LogP contribution in [0.5, 0.6) is 11.5 Å². The standard InChI is InChI=1S/C18H22N2O5S/c1-12-5-6-13(2)15(9-12)20-18(21)11-19-26(22,23)14-7-8-16(24-3)17(10-14)25-4/h5-10,19H,11H2,1-4H3,(H,20,21). The number of benzene rings is 2. The number of carbonyl (C=O) groups excluding carboxylic acids is 1. The van der Waals surface area contributed by atoms with Crippen LogP contribution in [0.25, 0.3) is 0 Å². The van der Waals surface area contributed by atoms with E-state index in [2.05, 4.69) is 10.0 Å². The van der Waals surface area contributed by atoms with Crippen molar-refractivity contribution >= 4 is 21.6 Å². The molecule has 7 nitrogen and oxygen atoms in total. The van der Waals surface area contributed by atoms with Crippen LogP contribution in [-0.2, 0) is 14.8 Å². The summed E-state index contributed by atoms with van der Waals surface area (Å²) in [6.45, 7) is 3.39. The Kier molecular flexibility index (Phi) is 6.23. The van der Waals surface area contributed by atoms with Crippen molar-refractivity contribution < 1.29 is 22.7 Å². The van der Waals surface area contributed by atoms with Crippen LogP contribution < -0.4 is 19.5 Å². The second kappa shape index (κ2) is 8.20. The van der Waals surface area contributed by atoms with E-state index in [4.69, 9.17) is 9.47 Å². The number of nitrogens with one attached hydrogen (secondary N) is 2. The van der Waals surface area contributed by atoms with Crippen molar-refractivity contribution in [3.8, 4) is 11.5 Å². The van der Waals surface area contributed by atoms with Gasteiger partial charge in [0.05, 0.1) is 25.7 Å². The van der Waals surface area contributed by atoms with Crippen molar-refractivity contribution in [3.63, 3.8) is 0 Å². The molecule has 0 saturated heterocycles. The molecule has 140 valence electrons. The smallest absolute Gasteiger partial charge is 0.241 e. The van der Waals surface area contributed by atoms with Crippen LogP contribution in [0.4, 0.5) is 5.69 Å². The monoisotopic (exact) mass is 378 g/mol. The van der Waals surface area contributed by atoms with Gasteiger partial charge in [-0.1, -0.05) is 12.1 Å². The Balaban J connectivity index is 2.08. The topological polar surface area (TPSA) is 93.7 Å². The molecule has 2 aromatic carbocycles. The number of sulfonamides is 1. The van der Waals surface area contributed by atoms with Gasteiger partial charge >= 0.3 is 0 Å². The lowest BCUT2D eigenvalue weighted by Crippen LogP contribution is -2.33. The van der Waals surface area contributed by atoms with E-state index in [1.54, 1.807) is 0 Å². The van der Waals surface area contributed by atoms with E-state index < -0.39 is 15.9 Å². The average molecular weight is 378 g/mol. The summed E-state index contributed by atoms with van der Waals surface area (Å²) in [7, 11) is -0.994. The molecule has 0 aliphatic rings. The predicted octanol–water partition coefficient (Wildman–Crippen LogP) is 2.24. The molecule has 0 spiro atoms. The second-order valence-corrected chi connectivity index (χ2v) is 7.47. The lowest BCUT2D eigenvalue weighted by molar-refractivity contribution is -0.115. The molecule has 0 aromatic heterocycles. The molecular weight excluding hydrogens is 356 g/mol. The third-order valence-corrected chi connectivity index (χ3v) is 5.15. The Bertz CT molecular complexity index is 910. The first-order chi connectivity index (χ1) is 12.3. The highest BCUT2D eigenvalue weighted by Gasteiger charge is 2.18. The summed E-state index contributed by atoms with van der Waals surface area (Å²) >= 11 is 0. The van der Waals surface area contributed by atoms with Crippen LogP contribution in [0.3, 0.4) is 0 Å². The van der Waals surface area contributed by atoms with Gasteiger partial charge in [0.2, 0.25) is 15.9 Å². The van der Waals surface area contributed by atoms with Gasteiger partial charge in [0.15, 0.2) is 11.5 Å². The fourth-order valence-electron chi connectivity index (χ4n) is 2.29.